The minimum Gasteiger partial charge on any atom is -0.379 e. The summed E-state index contributed by atoms with van der Waals surface area (Å²) >= 11 is 0. The first-order valence-corrected chi connectivity index (χ1v) is 10.2. The van der Waals surface area contributed by atoms with Crippen molar-refractivity contribution in [3.05, 3.63) is 35.5 Å². The van der Waals surface area contributed by atoms with Gasteiger partial charge in [-0.1, -0.05) is 45.9 Å². The highest BCUT2D eigenvalue weighted by Crippen LogP contribution is 2.37. The number of aliphatic hydroxyl groups excluding tert-OH is 1. The van der Waals surface area contributed by atoms with Crippen LogP contribution in [0, 0.1) is 11.8 Å². The summed E-state index contributed by atoms with van der Waals surface area (Å²) in [5.74, 6) is 0.940. The summed E-state index contributed by atoms with van der Waals surface area (Å²) < 4.78 is 0. The van der Waals surface area contributed by atoms with E-state index in [1.165, 1.54) is 16.6 Å². The second kappa shape index (κ2) is 8.44. The molecule has 5 heteroatoms. The van der Waals surface area contributed by atoms with Crippen molar-refractivity contribution < 1.29 is 9.90 Å². The van der Waals surface area contributed by atoms with Gasteiger partial charge in [0.25, 0.3) is 0 Å². The van der Waals surface area contributed by atoms with Gasteiger partial charge in [-0.3, -0.25) is 10.1 Å². The monoisotopic (exact) mass is 371 g/mol. The van der Waals surface area contributed by atoms with Gasteiger partial charge in [0.05, 0.1) is 12.6 Å². The van der Waals surface area contributed by atoms with Gasteiger partial charge in [0, 0.05) is 23.1 Å². The molecule has 0 bridgehead atoms. The van der Waals surface area contributed by atoms with Crippen molar-refractivity contribution in [2.24, 2.45) is 11.8 Å². The smallest absolute Gasteiger partial charge is 0.237 e. The molecule has 0 aliphatic carbocycles. The van der Waals surface area contributed by atoms with Gasteiger partial charge in [-0.15, -0.1) is 0 Å². The number of carbonyl (C=O) groups is 1. The largest absolute Gasteiger partial charge is 0.379 e. The Morgan fingerprint density at radius 2 is 2.00 bits per heavy atom. The topological polar surface area (TPSA) is 68.4 Å². The molecular weight excluding hydrogens is 338 g/mol. The highest BCUT2D eigenvalue weighted by atomic mass is 16.3. The maximum absolute atomic E-state index is 12.9. The van der Waals surface area contributed by atoms with Gasteiger partial charge in [-0.2, -0.15) is 0 Å². The molecule has 148 valence electrons. The molecule has 3 N–H and O–H groups in total. The molecule has 0 saturated heterocycles. The predicted molar refractivity (Wildman–Crippen MR) is 109 cm³/mol. The van der Waals surface area contributed by atoms with Gasteiger partial charge < -0.3 is 15.0 Å². The van der Waals surface area contributed by atoms with Crippen LogP contribution in [0.3, 0.4) is 0 Å². The predicted octanol–water partition coefficient (Wildman–Crippen LogP) is 3.59. The molecule has 2 atom stereocenters. The van der Waals surface area contributed by atoms with E-state index in [0.29, 0.717) is 18.3 Å². The van der Waals surface area contributed by atoms with Gasteiger partial charge in [0.1, 0.15) is 6.23 Å². The number of carbonyl (C=O) groups excluding carboxylic acids is 1. The number of fused-ring (bicyclic) bond motifs is 3. The molecule has 27 heavy (non-hydrogen) atoms. The number of amides is 1. The van der Waals surface area contributed by atoms with E-state index in [-0.39, 0.29) is 18.5 Å². The average molecular weight is 372 g/mol. The molecule has 1 amide bonds. The van der Waals surface area contributed by atoms with Crippen LogP contribution >= 0.6 is 0 Å². The summed E-state index contributed by atoms with van der Waals surface area (Å²) in [6, 6.07) is 8.46. The summed E-state index contributed by atoms with van der Waals surface area (Å²) in [5, 5.41) is 14.3. The first-order chi connectivity index (χ1) is 12.9. The number of nitrogens with zero attached hydrogens (tertiary/aromatic N) is 1. The van der Waals surface area contributed by atoms with E-state index in [1.807, 2.05) is 11.0 Å². The van der Waals surface area contributed by atoms with Crippen molar-refractivity contribution in [1.82, 2.24) is 15.2 Å². The van der Waals surface area contributed by atoms with Crippen LogP contribution in [0.1, 0.15) is 57.8 Å². The first-order valence-electron chi connectivity index (χ1n) is 10.2. The van der Waals surface area contributed by atoms with Crippen LogP contribution in [-0.2, 0) is 11.2 Å². The Balaban J connectivity index is 1.80. The number of hydrogen-bond donors (Lipinski definition) is 3. The van der Waals surface area contributed by atoms with Crippen LogP contribution in [0.2, 0.25) is 0 Å². The van der Waals surface area contributed by atoms with Gasteiger partial charge in [-0.05, 0) is 42.7 Å². The van der Waals surface area contributed by atoms with Crippen molar-refractivity contribution in [2.75, 3.05) is 13.1 Å². The zero-order valence-electron chi connectivity index (χ0n) is 17.0. The fourth-order valence-electron chi connectivity index (χ4n) is 4.15. The molecule has 0 spiro atoms. The van der Waals surface area contributed by atoms with E-state index in [4.69, 9.17) is 0 Å². The second-order valence-corrected chi connectivity index (χ2v) is 8.57. The second-order valence-electron chi connectivity index (χ2n) is 8.57. The Kier molecular flexibility index (Phi) is 6.22. The first kappa shape index (κ1) is 19.9. The zero-order chi connectivity index (χ0) is 19.6. The summed E-state index contributed by atoms with van der Waals surface area (Å²) in [6.45, 7) is 9.43. The summed E-state index contributed by atoms with van der Waals surface area (Å²) in [4.78, 5) is 18.5. The molecule has 1 aliphatic rings. The summed E-state index contributed by atoms with van der Waals surface area (Å²) in [6.07, 6.45) is 1.81. The van der Waals surface area contributed by atoms with Crippen LogP contribution in [0.5, 0.6) is 0 Å². The Bertz CT molecular complexity index is 781. The molecule has 0 saturated carbocycles. The Labute approximate surface area is 162 Å². The third kappa shape index (κ3) is 4.53. The van der Waals surface area contributed by atoms with E-state index in [1.54, 1.807) is 0 Å². The minimum atomic E-state index is -0.633. The Morgan fingerprint density at radius 1 is 1.26 bits per heavy atom. The van der Waals surface area contributed by atoms with Gasteiger partial charge in [0.15, 0.2) is 0 Å². The number of H-pyrrole nitrogens is 1. The molecule has 1 aromatic heterocycles. The minimum absolute atomic E-state index is 0.0627. The molecule has 2 heterocycles. The van der Waals surface area contributed by atoms with Gasteiger partial charge in [-0.25, -0.2) is 0 Å². The lowest BCUT2D eigenvalue weighted by Crippen LogP contribution is -2.46. The van der Waals surface area contributed by atoms with E-state index in [2.05, 4.69) is 56.2 Å². The fourth-order valence-corrected chi connectivity index (χ4v) is 4.15. The number of benzene rings is 1. The Morgan fingerprint density at radius 3 is 2.70 bits per heavy atom. The van der Waals surface area contributed by atoms with E-state index < -0.39 is 6.23 Å². The van der Waals surface area contributed by atoms with E-state index in [9.17, 15) is 9.90 Å². The van der Waals surface area contributed by atoms with Crippen LogP contribution in [0.4, 0.5) is 0 Å². The van der Waals surface area contributed by atoms with Crippen molar-refractivity contribution in [3.63, 3.8) is 0 Å². The lowest BCUT2D eigenvalue weighted by atomic mass is 9.91. The van der Waals surface area contributed by atoms with Crippen LogP contribution in [0.25, 0.3) is 10.9 Å². The summed E-state index contributed by atoms with van der Waals surface area (Å²) in [7, 11) is 0. The Hall–Kier alpha value is -1.85. The summed E-state index contributed by atoms with van der Waals surface area (Å²) in [5.41, 5.74) is 3.69. The van der Waals surface area contributed by atoms with Gasteiger partial charge in [0.2, 0.25) is 5.91 Å². The normalized spacial score (nSPS) is 18.3. The molecule has 2 unspecified atom stereocenters. The SMILES string of the molecule is CC(C)CC(O)NCC(=O)N1CCc2c([nH]c3ccccc23)C1CC(C)C. The number of aliphatic hydroxyl groups is 1. The highest BCUT2D eigenvalue weighted by molar-refractivity contribution is 5.86. The molecule has 3 rings (SSSR count). The number of aromatic nitrogens is 1. The molecule has 0 fully saturated rings. The van der Waals surface area contributed by atoms with Crippen LogP contribution in [-0.4, -0.2) is 40.2 Å². The zero-order valence-corrected chi connectivity index (χ0v) is 17.0. The van der Waals surface area contributed by atoms with Crippen molar-refractivity contribution >= 4 is 16.8 Å². The number of rotatable bonds is 7. The van der Waals surface area contributed by atoms with Crippen molar-refractivity contribution in [3.8, 4) is 0 Å². The molecule has 1 aromatic carbocycles. The van der Waals surface area contributed by atoms with Crippen LogP contribution < -0.4 is 5.32 Å². The number of hydrogen-bond acceptors (Lipinski definition) is 3. The number of aromatic amines is 1. The molecular formula is C22H33N3O2. The standard InChI is InChI=1S/C22H33N3O2/c1-14(2)11-19-22-17(16-7-5-6-8-18(16)24-22)9-10-25(19)21(27)13-23-20(26)12-15(3)4/h5-8,14-15,19-20,23-24,26H,9-13H2,1-4H3. The molecule has 1 aliphatic heterocycles. The third-order valence-electron chi connectivity index (χ3n) is 5.36. The van der Waals surface area contributed by atoms with E-state index >= 15 is 0 Å². The molecule has 0 radical (unpaired) electrons. The van der Waals surface area contributed by atoms with Crippen LogP contribution in [0.15, 0.2) is 24.3 Å². The fraction of sp³-hybridized carbons (Fsp3) is 0.591. The maximum atomic E-state index is 12.9. The third-order valence-corrected chi connectivity index (χ3v) is 5.36. The number of para-hydroxylation sites is 1. The quantitative estimate of drug-likeness (QED) is 0.652. The van der Waals surface area contributed by atoms with E-state index in [0.717, 1.165) is 24.9 Å². The molecule has 5 nitrogen and oxygen atoms in total. The van der Waals surface area contributed by atoms with Gasteiger partial charge >= 0.3 is 0 Å². The van der Waals surface area contributed by atoms with Crippen molar-refractivity contribution in [1.29, 1.82) is 0 Å². The van der Waals surface area contributed by atoms with Crippen molar-refractivity contribution in [2.45, 2.75) is 59.2 Å². The highest BCUT2D eigenvalue weighted by Gasteiger charge is 2.33. The lowest BCUT2D eigenvalue weighted by molar-refractivity contribution is -0.134. The maximum Gasteiger partial charge on any atom is 0.237 e. The average Bonchev–Trinajstić information content (AvgIpc) is 2.98. The lowest BCUT2D eigenvalue weighted by Gasteiger charge is -2.37. The molecule has 2 aromatic rings. The number of nitrogens with one attached hydrogen (secondary N) is 2.